The minimum atomic E-state index is -1.40. The number of hydrogen-bond donors (Lipinski definition) is 2. The van der Waals surface area contributed by atoms with Crippen molar-refractivity contribution in [3.63, 3.8) is 0 Å². The lowest BCUT2D eigenvalue weighted by Crippen LogP contribution is -2.29. The molecule has 1 aliphatic carbocycles. The summed E-state index contributed by atoms with van der Waals surface area (Å²) in [6, 6.07) is 14.4. The maximum atomic E-state index is 12.8. The number of hydrogen-bond acceptors (Lipinski definition) is 3. The molecular formula is C19H20F2N2O2. The van der Waals surface area contributed by atoms with E-state index in [1.807, 2.05) is 30.3 Å². The summed E-state index contributed by atoms with van der Waals surface area (Å²) in [6.45, 7) is 0. The zero-order valence-corrected chi connectivity index (χ0v) is 13.7. The summed E-state index contributed by atoms with van der Waals surface area (Å²) in [7, 11) is 0. The molecule has 1 aliphatic rings. The number of carbonyl (C=O) groups is 1. The van der Waals surface area contributed by atoms with Crippen molar-refractivity contribution in [2.75, 3.05) is 5.32 Å². The van der Waals surface area contributed by atoms with Crippen LogP contribution in [0.25, 0.3) is 11.1 Å². The molecule has 0 unspecified atom stereocenters. The third-order valence-corrected chi connectivity index (χ3v) is 4.57. The number of rotatable bonds is 4. The minimum absolute atomic E-state index is 0.0497. The van der Waals surface area contributed by atoms with E-state index in [0.29, 0.717) is 18.5 Å². The molecule has 1 saturated carbocycles. The first kappa shape index (κ1) is 17.4. The van der Waals surface area contributed by atoms with Crippen molar-refractivity contribution in [3.8, 4) is 11.1 Å². The van der Waals surface area contributed by atoms with Gasteiger partial charge in [-0.25, -0.2) is 0 Å². The Hall–Kier alpha value is -2.47. The molecule has 25 heavy (non-hydrogen) atoms. The topological polar surface area (TPSA) is 52.6 Å². The Kier molecular flexibility index (Phi) is 5.28. The molecule has 132 valence electrons. The van der Waals surface area contributed by atoms with Gasteiger partial charge in [0.15, 0.2) is 0 Å². The van der Waals surface area contributed by atoms with Crippen LogP contribution < -0.4 is 5.32 Å². The Morgan fingerprint density at radius 3 is 2.32 bits per heavy atom. The smallest absolute Gasteiger partial charge is 0.316 e. The third kappa shape index (κ3) is 4.14. The van der Waals surface area contributed by atoms with E-state index in [1.165, 1.54) is 6.07 Å². The van der Waals surface area contributed by atoms with Crippen LogP contribution in [0.1, 0.15) is 36.0 Å². The van der Waals surface area contributed by atoms with Crippen molar-refractivity contribution < 1.29 is 18.9 Å². The molecule has 0 spiro atoms. The Bertz CT molecular complexity index is 729. The Balaban J connectivity index is 1.92. The monoisotopic (exact) mass is 346 g/mol. The molecule has 1 fully saturated rings. The fourth-order valence-electron chi connectivity index (χ4n) is 3.19. The van der Waals surface area contributed by atoms with E-state index >= 15 is 0 Å². The van der Waals surface area contributed by atoms with E-state index < -0.39 is 11.3 Å². The first-order chi connectivity index (χ1) is 12.0. The molecule has 3 rings (SSSR count). The highest BCUT2D eigenvalue weighted by molar-refractivity contribution is 5.99. The van der Waals surface area contributed by atoms with Crippen LogP contribution >= 0.6 is 0 Å². The van der Waals surface area contributed by atoms with Crippen LogP contribution in [0.5, 0.6) is 0 Å². The highest BCUT2D eigenvalue weighted by Crippen LogP contribution is 2.30. The first-order valence-electron chi connectivity index (χ1n) is 8.34. The molecule has 6 heteroatoms. The number of nitrogens with one attached hydrogen (secondary N) is 1. The number of halogens is 2. The van der Waals surface area contributed by atoms with Crippen LogP contribution in [0.4, 0.5) is 14.6 Å². The number of aliphatic hydroxyl groups excluding tert-OH is 1. The van der Waals surface area contributed by atoms with Gasteiger partial charge in [-0.2, -0.15) is 0 Å². The maximum Gasteiger partial charge on any atom is 0.316 e. The number of aliphatic hydroxyl groups is 1. The standard InChI is InChI=1S/C19H20F2N2O2/c20-23(21)19(25)17-11-6-14(13-4-2-1-3-5-13)12-18(17)22-15-7-9-16(24)10-8-15/h1-6,11-12,15-16,22,24H,7-10H2. The van der Waals surface area contributed by atoms with Gasteiger partial charge in [0, 0.05) is 17.1 Å². The average molecular weight is 346 g/mol. The molecule has 0 saturated heterocycles. The normalized spacial score (nSPS) is 20.1. The molecule has 2 N–H and O–H groups in total. The van der Waals surface area contributed by atoms with Gasteiger partial charge in [0.25, 0.3) is 0 Å². The fraction of sp³-hybridized carbons (Fsp3) is 0.316. The van der Waals surface area contributed by atoms with Crippen molar-refractivity contribution >= 4 is 11.6 Å². The zero-order valence-electron chi connectivity index (χ0n) is 13.7. The molecule has 0 bridgehead atoms. The summed E-state index contributed by atoms with van der Waals surface area (Å²) < 4.78 is 25.5. The summed E-state index contributed by atoms with van der Waals surface area (Å²) in [5.41, 5.74) is 2.13. The van der Waals surface area contributed by atoms with Crippen molar-refractivity contribution in [1.82, 2.24) is 5.34 Å². The van der Waals surface area contributed by atoms with Crippen LogP contribution in [0.2, 0.25) is 0 Å². The second kappa shape index (κ2) is 7.61. The van der Waals surface area contributed by atoms with Gasteiger partial charge in [-0.15, -0.1) is 0 Å². The summed E-state index contributed by atoms with van der Waals surface area (Å²) in [4.78, 5) is 11.8. The van der Waals surface area contributed by atoms with Crippen molar-refractivity contribution in [2.24, 2.45) is 0 Å². The summed E-state index contributed by atoms with van der Waals surface area (Å²) >= 11 is 0. The van der Waals surface area contributed by atoms with Crippen LogP contribution in [-0.2, 0) is 0 Å². The highest BCUT2D eigenvalue weighted by atomic mass is 19.4. The quantitative estimate of drug-likeness (QED) is 0.813. The number of carbonyl (C=O) groups excluding carboxylic acids is 1. The van der Waals surface area contributed by atoms with E-state index in [2.05, 4.69) is 5.32 Å². The van der Waals surface area contributed by atoms with Gasteiger partial charge in [0.1, 0.15) is 0 Å². The van der Waals surface area contributed by atoms with Gasteiger partial charge in [0.05, 0.1) is 11.7 Å². The molecule has 0 heterocycles. The minimum Gasteiger partial charge on any atom is -0.393 e. The predicted molar refractivity (Wildman–Crippen MR) is 92.1 cm³/mol. The van der Waals surface area contributed by atoms with E-state index in [4.69, 9.17) is 0 Å². The van der Waals surface area contributed by atoms with Crippen LogP contribution in [0.3, 0.4) is 0 Å². The Labute approximate surface area is 145 Å². The van der Waals surface area contributed by atoms with Gasteiger partial charge in [-0.05, 0) is 48.9 Å². The van der Waals surface area contributed by atoms with Gasteiger partial charge >= 0.3 is 5.91 Å². The summed E-state index contributed by atoms with van der Waals surface area (Å²) in [5.74, 6) is -1.34. The number of amides is 1. The lowest BCUT2D eigenvalue weighted by molar-refractivity contribution is -0.108. The molecule has 4 nitrogen and oxygen atoms in total. The molecule has 0 atom stereocenters. The van der Waals surface area contributed by atoms with E-state index in [1.54, 1.807) is 12.1 Å². The molecule has 0 radical (unpaired) electrons. The number of anilines is 1. The maximum absolute atomic E-state index is 12.8. The number of nitrogens with zero attached hydrogens (tertiary/aromatic N) is 1. The first-order valence-corrected chi connectivity index (χ1v) is 8.34. The SMILES string of the molecule is O=C(c1ccc(-c2ccccc2)cc1NC1CCC(O)CC1)N(F)F. The number of benzene rings is 2. The van der Waals surface area contributed by atoms with Crippen molar-refractivity contribution in [1.29, 1.82) is 0 Å². The lowest BCUT2D eigenvalue weighted by atomic mass is 9.92. The molecule has 0 aliphatic heterocycles. The summed E-state index contributed by atoms with van der Waals surface area (Å²) in [6.07, 6.45) is 2.50. The van der Waals surface area contributed by atoms with E-state index in [-0.39, 0.29) is 17.7 Å². The molecule has 2 aromatic carbocycles. The van der Waals surface area contributed by atoms with E-state index in [9.17, 15) is 18.9 Å². The van der Waals surface area contributed by atoms with Crippen LogP contribution in [-0.4, -0.2) is 28.5 Å². The van der Waals surface area contributed by atoms with Gasteiger partial charge in [-0.3, -0.25) is 4.79 Å². The fourth-order valence-corrected chi connectivity index (χ4v) is 3.19. The molecular weight excluding hydrogens is 326 g/mol. The van der Waals surface area contributed by atoms with Gasteiger partial charge in [0.2, 0.25) is 0 Å². The predicted octanol–water partition coefficient (Wildman–Crippen LogP) is 4.28. The zero-order chi connectivity index (χ0) is 17.8. The largest absolute Gasteiger partial charge is 0.393 e. The molecule has 1 amide bonds. The molecule has 0 aromatic heterocycles. The lowest BCUT2D eigenvalue weighted by Gasteiger charge is -2.28. The second-order valence-corrected chi connectivity index (χ2v) is 6.31. The third-order valence-electron chi connectivity index (χ3n) is 4.57. The van der Waals surface area contributed by atoms with Crippen LogP contribution in [0, 0.1) is 0 Å². The van der Waals surface area contributed by atoms with Crippen LogP contribution in [0.15, 0.2) is 48.5 Å². The Morgan fingerprint density at radius 1 is 1.00 bits per heavy atom. The molecule has 2 aromatic rings. The van der Waals surface area contributed by atoms with Crippen molar-refractivity contribution in [2.45, 2.75) is 37.8 Å². The van der Waals surface area contributed by atoms with Gasteiger partial charge < -0.3 is 10.4 Å². The van der Waals surface area contributed by atoms with Gasteiger partial charge in [-0.1, -0.05) is 45.4 Å². The van der Waals surface area contributed by atoms with Crippen molar-refractivity contribution in [3.05, 3.63) is 54.1 Å². The van der Waals surface area contributed by atoms with E-state index in [0.717, 1.165) is 24.0 Å². The average Bonchev–Trinajstić information content (AvgIpc) is 2.63. The highest BCUT2D eigenvalue weighted by Gasteiger charge is 2.24. The Morgan fingerprint density at radius 2 is 1.68 bits per heavy atom. The second-order valence-electron chi connectivity index (χ2n) is 6.31. The summed E-state index contributed by atoms with van der Waals surface area (Å²) in [5, 5.41) is 11.4.